The highest BCUT2D eigenvalue weighted by Gasteiger charge is 2.20. The number of hydrogen-bond acceptors (Lipinski definition) is 4. The van der Waals surface area contributed by atoms with Crippen molar-refractivity contribution in [2.75, 3.05) is 44.4 Å². The van der Waals surface area contributed by atoms with Crippen LogP contribution in [0.2, 0.25) is 0 Å². The van der Waals surface area contributed by atoms with Crippen molar-refractivity contribution < 1.29 is 0 Å². The molecule has 0 spiro atoms. The Bertz CT molecular complexity index is 395. The van der Waals surface area contributed by atoms with Crippen molar-refractivity contribution in [2.45, 2.75) is 19.8 Å². The van der Waals surface area contributed by atoms with E-state index in [0.717, 1.165) is 36.1 Å². The normalized spacial score (nSPS) is 17.4. The first kappa shape index (κ1) is 13.1. The molecule has 1 saturated heterocycles. The van der Waals surface area contributed by atoms with Crippen LogP contribution in [0.5, 0.6) is 0 Å². The van der Waals surface area contributed by atoms with Crippen LogP contribution in [0.15, 0.2) is 12.3 Å². The summed E-state index contributed by atoms with van der Waals surface area (Å²) < 4.78 is 0. The SMILES string of the molecule is Cc1cnc(N2CCC(CN(C)C)CC2)cc1N. The number of rotatable bonds is 3. The average Bonchev–Trinajstić information content (AvgIpc) is 2.33. The van der Waals surface area contributed by atoms with Crippen LogP contribution in [0.25, 0.3) is 0 Å². The number of nitrogen functional groups attached to an aromatic ring is 1. The molecule has 1 aromatic rings. The van der Waals surface area contributed by atoms with E-state index in [1.54, 1.807) is 0 Å². The molecule has 1 aromatic heterocycles. The van der Waals surface area contributed by atoms with Crippen molar-refractivity contribution in [3.8, 4) is 0 Å². The van der Waals surface area contributed by atoms with Gasteiger partial charge in [-0.25, -0.2) is 4.98 Å². The molecule has 0 unspecified atom stereocenters. The highest BCUT2D eigenvalue weighted by atomic mass is 15.2. The fourth-order valence-corrected chi connectivity index (χ4v) is 2.56. The lowest BCUT2D eigenvalue weighted by Gasteiger charge is -2.34. The Hall–Kier alpha value is -1.29. The number of anilines is 2. The molecule has 0 bridgehead atoms. The number of nitrogens with two attached hydrogens (primary N) is 1. The zero-order valence-corrected chi connectivity index (χ0v) is 11.7. The monoisotopic (exact) mass is 248 g/mol. The first-order valence-corrected chi connectivity index (χ1v) is 6.68. The Kier molecular flexibility index (Phi) is 4.07. The molecule has 0 radical (unpaired) electrons. The topological polar surface area (TPSA) is 45.4 Å². The lowest BCUT2D eigenvalue weighted by Crippen LogP contribution is -2.37. The molecule has 0 saturated carbocycles. The minimum Gasteiger partial charge on any atom is -0.398 e. The summed E-state index contributed by atoms with van der Waals surface area (Å²) in [4.78, 5) is 9.11. The summed E-state index contributed by atoms with van der Waals surface area (Å²) in [6, 6.07) is 2.00. The number of aryl methyl sites for hydroxylation is 1. The van der Waals surface area contributed by atoms with Gasteiger partial charge in [0.05, 0.1) is 0 Å². The molecule has 4 heteroatoms. The quantitative estimate of drug-likeness (QED) is 0.885. The van der Waals surface area contributed by atoms with E-state index in [0.29, 0.717) is 0 Å². The van der Waals surface area contributed by atoms with E-state index in [1.807, 2.05) is 19.2 Å². The minimum absolute atomic E-state index is 0.819. The van der Waals surface area contributed by atoms with Crippen molar-refractivity contribution in [2.24, 2.45) is 5.92 Å². The number of pyridine rings is 1. The van der Waals surface area contributed by atoms with E-state index in [9.17, 15) is 0 Å². The van der Waals surface area contributed by atoms with Gasteiger partial charge < -0.3 is 15.5 Å². The average molecular weight is 248 g/mol. The third-order valence-corrected chi connectivity index (χ3v) is 3.69. The summed E-state index contributed by atoms with van der Waals surface area (Å²) in [5.41, 5.74) is 7.85. The first-order chi connectivity index (χ1) is 8.56. The number of aromatic nitrogens is 1. The van der Waals surface area contributed by atoms with Gasteiger partial charge in [0.2, 0.25) is 0 Å². The van der Waals surface area contributed by atoms with Crippen LogP contribution in [0.4, 0.5) is 11.5 Å². The van der Waals surface area contributed by atoms with E-state index in [1.165, 1.54) is 19.4 Å². The van der Waals surface area contributed by atoms with Crippen molar-refractivity contribution in [3.63, 3.8) is 0 Å². The smallest absolute Gasteiger partial charge is 0.130 e. The molecule has 0 aromatic carbocycles. The summed E-state index contributed by atoms with van der Waals surface area (Å²) in [5.74, 6) is 1.85. The Morgan fingerprint density at radius 3 is 2.61 bits per heavy atom. The lowest BCUT2D eigenvalue weighted by atomic mass is 9.96. The molecule has 0 amide bonds. The van der Waals surface area contributed by atoms with Crippen molar-refractivity contribution in [1.29, 1.82) is 0 Å². The Balaban J connectivity index is 1.94. The van der Waals surface area contributed by atoms with E-state index in [-0.39, 0.29) is 0 Å². The summed E-state index contributed by atoms with van der Waals surface area (Å²) in [6.07, 6.45) is 4.36. The van der Waals surface area contributed by atoms with Crippen molar-refractivity contribution in [3.05, 3.63) is 17.8 Å². The summed E-state index contributed by atoms with van der Waals surface area (Å²) in [7, 11) is 4.29. The number of nitrogens with zero attached hydrogens (tertiary/aromatic N) is 3. The molecule has 2 N–H and O–H groups in total. The molecule has 0 atom stereocenters. The molecular formula is C14H24N4. The molecule has 1 aliphatic heterocycles. The van der Waals surface area contributed by atoms with E-state index in [4.69, 9.17) is 5.73 Å². The van der Waals surface area contributed by atoms with E-state index >= 15 is 0 Å². The fraction of sp³-hybridized carbons (Fsp3) is 0.643. The van der Waals surface area contributed by atoms with Crippen LogP contribution >= 0.6 is 0 Å². The van der Waals surface area contributed by atoms with Crippen LogP contribution in [-0.2, 0) is 0 Å². The molecule has 2 heterocycles. The van der Waals surface area contributed by atoms with Gasteiger partial charge >= 0.3 is 0 Å². The van der Waals surface area contributed by atoms with Crippen LogP contribution < -0.4 is 10.6 Å². The number of hydrogen-bond donors (Lipinski definition) is 1. The molecule has 100 valence electrons. The maximum Gasteiger partial charge on any atom is 0.130 e. The highest BCUT2D eigenvalue weighted by molar-refractivity contribution is 5.54. The molecule has 18 heavy (non-hydrogen) atoms. The second-order valence-electron chi connectivity index (χ2n) is 5.59. The predicted molar refractivity (Wildman–Crippen MR) is 76.9 cm³/mol. The van der Waals surface area contributed by atoms with Crippen LogP contribution in [0.1, 0.15) is 18.4 Å². The molecule has 1 fully saturated rings. The summed E-state index contributed by atoms with van der Waals surface area (Å²) >= 11 is 0. The maximum atomic E-state index is 5.95. The third-order valence-electron chi connectivity index (χ3n) is 3.69. The van der Waals surface area contributed by atoms with Gasteiger partial charge in [-0.3, -0.25) is 0 Å². The van der Waals surface area contributed by atoms with Gasteiger partial charge in [0.1, 0.15) is 5.82 Å². The minimum atomic E-state index is 0.819. The van der Waals surface area contributed by atoms with Crippen molar-refractivity contribution >= 4 is 11.5 Å². The predicted octanol–water partition coefficient (Wildman–Crippen LogP) is 1.75. The highest BCUT2D eigenvalue weighted by Crippen LogP contribution is 2.24. The van der Waals surface area contributed by atoms with Gasteiger partial charge in [0.25, 0.3) is 0 Å². The van der Waals surface area contributed by atoms with Gasteiger partial charge in [0, 0.05) is 37.6 Å². The van der Waals surface area contributed by atoms with Crippen molar-refractivity contribution in [1.82, 2.24) is 9.88 Å². The van der Waals surface area contributed by atoms with E-state index in [2.05, 4.69) is 28.9 Å². The maximum absolute atomic E-state index is 5.95. The largest absolute Gasteiger partial charge is 0.398 e. The first-order valence-electron chi connectivity index (χ1n) is 6.68. The van der Waals surface area contributed by atoms with E-state index < -0.39 is 0 Å². The molecule has 0 aliphatic carbocycles. The summed E-state index contributed by atoms with van der Waals surface area (Å²) in [5, 5.41) is 0. The zero-order valence-electron chi connectivity index (χ0n) is 11.7. The molecule has 2 rings (SSSR count). The summed E-state index contributed by atoms with van der Waals surface area (Å²) in [6.45, 7) is 5.37. The second kappa shape index (κ2) is 5.57. The molecule has 1 aliphatic rings. The molecular weight excluding hydrogens is 224 g/mol. The fourth-order valence-electron chi connectivity index (χ4n) is 2.56. The third kappa shape index (κ3) is 3.13. The van der Waals surface area contributed by atoms with Gasteiger partial charge in [-0.15, -0.1) is 0 Å². The van der Waals surface area contributed by atoms with Gasteiger partial charge in [-0.1, -0.05) is 0 Å². The van der Waals surface area contributed by atoms with Gasteiger partial charge in [-0.05, 0) is 45.3 Å². The zero-order chi connectivity index (χ0) is 13.1. The standard InChI is InChI=1S/C14H24N4/c1-11-9-16-14(8-13(11)15)18-6-4-12(5-7-18)10-17(2)3/h8-9,12H,4-7,10H2,1-3H3,(H2,15,16). The van der Waals surface area contributed by atoms with Gasteiger partial charge in [0.15, 0.2) is 0 Å². The number of piperidine rings is 1. The Labute approximate surface area is 110 Å². The lowest BCUT2D eigenvalue weighted by molar-refractivity contribution is 0.284. The Morgan fingerprint density at radius 1 is 1.39 bits per heavy atom. The Morgan fingerprint density at radius 2 is 2.06 bits per heavy atom. The second-order valence-corrected chi connectivity index (χ2v) is 5.59. The van der Waals surface area contributed by atoms with Gasteiger partial charge in [-0.2, -0.15) is 0 Å². The van der Waals surface area contributed by atoms with Crippen LogP contribution in [0, 0.1) is 12.8 Å². The molecule has 4 nitrogen and oxygen atoms in total. The van der Waals surface area contributed by atoms with Crippen LogP contribution in [-0.4, -0.2) is 43.6 Å². The van der Waals surface area contributed by atoms with Crippen LogP contribution in [0.3, 0.4) is 0 Å².